The maximum Gasteiger partial charge on any atom is 0.256 e. The van der Waals surface area contributed by atoms with Crippen LogP contribution in [-0.2, 0) is 0 Å². The number of hydrogen-bond donors (Lipinski definition) is 1. The first-order chi connectivity index (χ1) is 10.5. The molecule has 22 heavy (non-hydrogen) atoms. The Morgan fingerprint density at radius 2 is 1.77 bits per heavy atom. The first kappa shape index (κ1) is 16.5. The fourth-order valence-corrected chi connectivity index (χ4v) is 2.46. The van der Waals surface area contributed by atoms with Crippen LogP contribution < -0.4 is 0 Å². The van der Waals surface area contributed by atoms with Crippen molar-refractivity contribution in [3.63, 3.8) is 0 Å². The molecule has 0 saturated carbocycles. The molecule has 1 aromatic heterocycles. The molecule has 0 saturated heterocycles. The summed E-state index contributed by atoms with van der Waals surface area (Å²) >= 11 is 0. The summed E-state index contributed by atoms with van der Waals surface area (Å²) in [6, 6.07) is 5.79. The summed E-state index contributed by atoms with van der Waals surface area (Å²) in [4.78, 5) is 15.0. The molecule has 0 aliphatic rings. The van der Waals surface area contributed by atoms with Crippen LogP contribution in [0.2, 0.25) is 0 Å². The van der Waals surface area contributed by atoms with E-state index in [9.17, 15) is 4.79 Å². The molecule has 0 fully saturated rings. The summed E-state index contributed by atoms with van der Waals surface area (Å²) in [5.74, 6) is 1.30. The van der Waals surface area contributed by atoms with Gasteiger partial charge in [-0.1, -0.05) is 39.8 Å². The third-order valence-electron chi connectivity index (χ3n) is 3.95. The van der Waals surface area contributed by atoms with Crippen LogP contribution in [0.3, 0.4) is 0 Å². The van der Waals surface area contributed by atoms with Crippen LogP contribution in [0.25, 0.3) is 10.9 Å². The van der Waals surface area contributed by atoms with Crippen molar-refractivity contribution in [1.82, 2.24) is 15.1 Å². The van der Waals surface area contributed by atoms with Gasteiger partial charge >= 0.3 is 0 Å². The highest BCUT2D eigenvalue weighted by Crippen LogP contribution is 2.19. The van der Waals surface area contributed by atoms with Crippen molar-refractivity contribution in [3.05, 3.63) is 30.0 Å². The molecule has 1 aromatic carbocycles. The minimum Gasteiger partial charge on any atom is -0.339 e. The molecule has 1 N–H and O–H groups in total. The molecule has 0 radical (unpaired) electrons. The number of H-pyrrole nitrogens is 1. The van der Waals surface area contributed by atoms with Gasteiger partial charge in [-0.15, -0.1) is 0 Å². The minimum absolute atomic E-state index is 0.108. The van der Waals surface area contributed by atoms with Gasteiger partial charge in [-0.05, 0) is 30.7 Å². The molecule has 0 atom stereocenters. The molecule has 120 valence electrons. The Kier molecular flexibility index (Phi) is 5.58. The Balaban J connectivity index is 2.21. The van der Waals surface area contributed by atoms with Crippen LogP contribution in [0.4, 0.5) is 0 Å². The van der Waals surface area contributed by atoms with Crippen LogP contribution in [0.15, 0.2) is 24.4 Å². The fraction of sp³-hybridized carbons (Fsp3) is 0.556. The van der Waals surface area contributed by atoms with E-state index in [4.69, 9.17) is 0 Å². The van der Waals surface area contributed by atoms with Crippen molar-refractivity contribution in [1.29, 1.82) is 0 Å². The second kappa shape index (κ2) is 7.43. The summed E-state index contributed by atoms with van der Waals surface area (Å²) < 4.78 is 0. The largest absolute Gasteiger partial charge is 0.339 e. The minimum atomic E-state index is 0.108. The number of hydrogen-bond acceptors (Lipinski definition) is 2. The van der Waals surface area contributed by atoms with E-state index >= 15 is 0 Å². The lowest BCUT2D eigenvalue weighted by molar-refractivity contribution is 0.0742. The van der Waals surface area contributed by atoms with Crippen LogP contribution in [-0.4, -0.2) is 34.1 Å². The first-order valence-corrected chi connectivity index (χ1v) is 8.20. The van der Waals surface area contributed by atoms with Crippen LogP contribution >= 0.6 is 0 Å². The molecule has 1 heterocycles. The number of benzene rings is 1. The molecule has 2 aromatic rings. The number of aromatic nitrogens is 2. The van der Waals surface area contributed by atoms with Gasteiger partial charge in [0.25, 0.3) is 5.91 Å². The van der Waals surface area contributed by atoms with Gasteiger partial charge in [0.2, 0.25) is 0 Å². The average Bonchev–Trinajstić information content (AvgIpc) is 2.94. The summed E-state index contributed by atoms with van der Waals surface area (Å²) in [5, 5.41) is 8.00. The molecular formula is C18H27N3O. The molecule has 0 spiro atoms. The average molecular weight is 301 g/mol. The molecule has 0 unspecified atom stereocenters. The number of carbonyl (C=O) groups excluding carboxylic acids is 1. The predicted molar refractivity (Wildman–Crippen MR) is 90.9 cm³/mol. The Morgan fingerprint density at radius 1 is 1.14 bits per heavy atom. The molecular weight excluding hydrogens is 274 g/mol. The zero-order valence-corrected chi connectivity index (χ0v) is 14.1. The monoisotopic (exact) mass is 301 g/mol. The van der Waals surface area contributed by atoms with Gasteiger partial charge < -0.3 is 4.90 Å². The molecule has 0 aliphatic carbocycles. The lowest BCUT2D eigenvalue weighted by Crippen LogP contribution is -2.34. The van der Waals surface area contributed by atoms with E-state index < -0.39 is 0 Å². The summed E-state index contributed by atoms with van der Waals surface area (Å²) in [7, 11) is 0. The van der Waals surface area contributed by atoms with E-state index in [0.717, 1.165) is 42.4 Å². The smallest absolute Gasteiger partial charge is 0.256 e. The number of aromatic amines is 1. The van der Waals surface area contributed by atoms with Crippen molar-refractivity contribution in [3.8, 4) is 0 Å². The SMILES string of the molecule is CC(C)CCN(CCC(C)C)C(=O)c1cccc2cn[nH]c12. The van der Waals surface area contributed by atoms with Crippen molar-refractivity contribution < 1.29 is 4.79 Å². The highest BCUT2D eigenvalue weighted by molar-refractivity contribution is 6.05. The maximum absolute atomic E-state index is 13.0. The number of amides is 1. The number of rotatable bonds is 7. The van der Waals surface area contributed by atoms with E-state index in [1.807, 2.05) is 23.1 Å². The highest BCUT2D eigenvalue weighted by atomic mass is 16.2. The lowest BCUT2D eigenvalue weighted by Gasteiger charge is -2.25. The number of carbonyl (C=O) groups is 1. The fourth-order valence-electron chi connectivity index (χ4n) is 2.46. The van der Waals surface area contributed by atoms with Gasteiger partial charge in [0.15, 0.2) is 0 Å². The molecule has 0 bridgehead atoms. The van der Waals surface area contributed by atoms with Crippen molar-refractivity contribution in [2.24, 2.45) is 11.8 Å². The van der Waals surface area contributed by atoms with Gasteiger partial charge in [0.05, 0.1) is 17.3 Å². The second-order valence-corrected chi connectivity index (χ2v) is 6.80. The number of para-hydroxylation sites is 1. The van der Waals surface area contributed by atoms with Crippen molar-refractivity contribution >= 4 is 16.8 Å². The van der Waals surface area contributed by atoms with Gasteiger partial charge in [-0.2, -0.15) is 5.10 Å². The van der Waals surface area contributed by atoms with Crippen molar-refractivity contribution in [2.75, 3.05) is 13.1 Å². The van der Waals surface area contributed by atoms with Crippen LogP contribution in [0.5, 0.6) is 0 Å². The summed E-state index contributed by atoms with van der Waals surface area (Å²) in [6.07, 6.45) is 3.82. The predicted octanol–water partition coefficient (Wildman–Crippen LogP) is 4.10. The Morgan fingerprint density at radius 3 is 2.36 bits per heavy atom. The van der Waals surface area contributed by atoms with Crippen molar-refractivity contribution in [2.45, 2.75) is 40.5 Å². The number of nitrogens with zero attached hydrogens (tertiary/aromatic N) is 2. The zero-order valence-electron chi connectivity index (χ0n) is 14.1. The Hall–Kier alpha value is -1.84. The molecule has 0 aliphatic heterocycles. The standard InChI is InChI=1S/C18H27N3O/c1-13(2)8-10-21(11-9-14(3)4)18(22)16-7-5-6-15-12-19-20-17(15)16/h5-7,12-14H,8-11H2,1-4H3,(H,19,20). The quantitative estimate of drug-likeness (QED) is 0.837. The molecule has 4 nitrogen and oxygen atoms in total. The lowest BCUT2D eigenvalue weighted by atomic mass is 10.1. The van der Waals surface area contributed by atoms with E-state index in [-0.39, 0.29) is 5.91 Å². The summed E-state index contributed by atoms with van der Waals surface area (Å²) in [5.41, 5.74) is 1.56. The third kappa shape index (κ3) is 4.09. The van der Waals surface area contributed by atoms with Crippen LogP contribution in [0.1, 0.15) is 50.9 Å². The highest BCUT2D eigenvalue weighted by Gasteiger charge is 2.19. The normalized spacial score (nSPS) is 11.5. The van der Waals surface area contributed by atoms with E-state index in [0.29, 0.717) is 11.8 Å². The zero-order chi connectivity index (χ0) is 16.1. The van der Waals surface area contributed by atoms with E-state index in [1.165, 1.54) is 0 Å². The van der Waals surface area contributed by atoms with Gasteiger partial charge in [-0.25, -0.2) is 0 Å². The molecule has 4 heteroatoms. The first-order valence-electron chi connectivity index (χ1n) is 8.20. The third-order valence-corrected chi connectivity index (χ3v) is 3.95. The van der Waals surface area contributed by atoms with Gasteiger partial charge in [0.1, 0.15) is 0 Å². The summed E-state index contributed by atoms with van der Waals surface area (Å²) in [6.45, 7) is 10.4. The van der Waals surface area contributed by atoms with E-state index in [2.05, 4.69) is 37.9 Å². The van der Waals surface area contributed by atoms with Gasteiger partial charge in [-0.3, -0.25) is 9.89 Å². The Bertz CT molecular complexity index is 604. The number of fused-ring (bicyclic) bond motifs is 1. The molecule has 1 amide bonds. The number of nitrogens with one attached hydrogen (secondary N) is 1. The maximum atomic E-state index is 13.0. The second-order valence-electron chi connectivity index (χ2n) is 6.80. The topological polar surface area (TPSA) is 49.0 Å². The van der Waals surface area contributed by atoms with E-state index in [1.54, 1.807) is 6.20 Å². The van der Waals surface area contributed by atoms with Crippen LogP contribution in [0, 0.1) is 11.8 Å². The van der Waals surface area contributed by atoms with Gasteiger partial charge in [0, 0.05) is 18.5 Å². The molecule has 2 rings (SSSR count). The Labute approximate surface area is 132 Å².